The Morgan fingerprint density at radius 1 is 1.31 bits per heavy atom. The first-order chi connectivity index (χ1) is 7.49. The van der Waals surface area contributed by atoms with Gasteiger partial charge >= 0.3 is 5.97 Å². The van der Waals surface area contributed by atoms with Crippen molar-refractivity contribution < 1.29 is 14.3 Å². The molecule has 0 atom stereocenters. The van der Waals surface area contributed by atoms with Crippen molar-refractivity contribution in [3.8, 4) is 11.8 Å². The van der Waals surface area contributed by atoms with Crippen molar-refractivity contribution in [3.05, 3.63) is 29.8 Å². The lowest BCUT2D eigenvalue weighted by atomic mass is 10.1. The van der Waals surface area contributed by atoms with Crippen LogP contribution in [0.25, 0.3) is 0 Å². The second-order valence-corrected chi connectivity index (χ2v) is 3.74. The van der Waals surface area contributed by atoms with Crippen molar-refractivity contribution >= 4 is 5.97 Å². The largest absolute Gasteiger partial charge is 0.424 e. The Morgan fingerprint density at radius 3 is 2.31 bits per heavy atom. The van der Waals surface area contributed by atoms with Crippen LogP contribution in [0.15, 0.2) is 24.3 Å². The molecule has 1 aromatic rings. The molecule has 0 radical (unpaired) electrons. The molecule has 0 aliphatic rings. The minimum atomic E-state index is -0.978. The van der Waals surface area contributed by atoms with E-state index in [1.165, 1.54) is 7.11 Å². The van der Waals surface area contributed by atoms with Crippen molar-refractivity contribution in [2.45, 2.75) is 19.4 Å². The number of hydrogen-bond donors (Lipinski definition) is 0. The lowest BCUT2D eigenvalue weighted by molar-refractivity contribution is -0.154. The van der Waals surface area contributed by atoms with E-state index < -0.39 is 11.6 Å². The molecule has 0 aromatic heterocycles. The molecule has 0 bridgehead atoms. The molecule has 0 heterocycles. The maximum atomic E-state index is 11.6. The second kappa shape index (κ2) is 4.77. The van der Waals surface area contributed by atoms with Crippen LogP contribution >= 0.6 is 0 Å². The molecule has 0 unspecified atom stereocenters. The van der Waals surface area contributed by atoms with Crippen molar-refractivity contribution in [3.63, 3.8) is 0 Å². The van der Waals surface area contributed by atoms with Crippen LogP contribution in [0, 0.1) is 11.3 Å². The summed E-state index contributed by atoms with van der Waals surface area (Å²) in [5.74, 6) is -0.0752. The first-order valence-corrected chi connectivity index (χ1v) is 4.77. The van der Waals surface area contributed by atoms with Gasteiger partial charge in [-0.1, -0.05) is 0 Å². The van der Waals surface area contributed by atoms with Gasteiger partial charge in [-0.15, -0.1) is 0 Å². The first kappa shape index (κ1) is 12.2. The summed E-state index contributed by atoms with van der Waals surface area (Å²) < 4.78 is 10.1. The number of hydrogen-bond acceptors (Lipinski definition) is 4. The van der Waals surface area contributed by atoms with E-state index in [0.29, 0.717) is 11.3 Å². The SMILES string of the molecule is COC(C)(C)C(=O)Oc1ccc(C#N)cc1. The van der Waals surface area contributed by atoms with Gasteiger partial charge in [-0.3, -0.25) is 0 Å². The van der Waals surface area contributed by atoms with Crippen molar-refractivity contribution in [2.75, 3.05) is 7.11 Å². The fraction of sp³-hybridized carbons (Fsp3) is 0.333. The molecule has 0 N–H and O–H groups in total. The Bertz CT molecular complexity index is 415. The number of rotatable bonds is 3. The average Bonchev–Trinajstić information content (AvgIpc) is 2.30. The summed E-state index contributed by atoms with van der Waals surface area (Å²) >= 11 is 0. The van der Waals surface area contributed by atoms with Gasteiger partial charge in [0.15, 0.2) is 5.60 Å². The molecular weight excluding hydrogens is 206 g/mol. The standard InChI is InChI=1S/C12H13NO3/c1-12(2,15-3)11(14)16-10-6-4-9(8-13)5-7-10/h4-7H,1-3H3. The third-order valence-corrected chi connectivity index (χ3v) is 2.20. The van der Waals surface area contributed by atoms with Crippen LogP contribution in [0.1, 0.15) is 19.4 Å². The highest BCUT2D eigenvalue weighted by Gasteiger charge is 2.29. The predicted octanol–water partition coefficient (Wildman–Crippen LogP) is 1.89. The number of ether oxygens (including phenoxy) is 2. The van der Waals surface area contributed by atoms with Crippen molar-refractivity contribution in [1.82, 2.24) is 0 Å². The summed E-state index contributed by atoms with van der Waals surface area (Å²) in [7, 11) is 1.44. The van der Waals surface area contributed by atoms with Crippen LogP contribution in [0.5, 0.6) is 5.75 Å². The average molecular weight is 219 g/mol. The number of benzene rings is 1. The molecule has 4 nitrogen and oxygen atoms in total. The number of esters is 1. The summed E-state index contributed by atoms with van der Waals surface area (Å²) in [6.07, 6.45) is 0. The van der Waals surface area contributed by atoms with E-state index in [2.05, 4.69) is 0 Å². The highest BCUT2D eigenvalue weighted by molar-refractivity contribution is 5.80. The van der Waals surface area contributed by atoms with Gasteiger partial charge in [0.1, 0.15) is 5.75 Å². The molecule has 0 amide bonds. The zero-order valence-corrected chi connectivity index (χ0v) is 9.48. The van der Waals surface area contributed by atoms with Crippen LogP contribution in [0.4, 0.5) is 0 Å². The van der Waals surface area contributed by atoms with Gasteiger partial charge in [0.05, 0.1) is 11.6 Å². The third-order valence-electron chi connectivity index (χ3n) is 2.20. The Balaban J connectivity index is 2.75. The van der Waals surface area contributed by atoms with Gasteiger partial charge in [-0.05, 0) is 38.1 Å². The van der Waals surface area contributed by atoms with Crippen LogP contribution in [-0.2, 0) is 9.53 Å². The van der Waals surface area contributed by atoms with Crippen molar-refractivity contribution in [1.29, 1.82) is 5.26 Å². The molecule has 4 heteroatoms. The third kappa shape index (κ3) is 2.81. The predicted molar refractivity (Wildman–Crippen MR) is 57.9 cm³/mol. The fourth-order valence-electron chi connectivity index (χ4n) is 0.911. The molecule has 0 saturated heterocycles. The van der Waals surface area contributed by atoms with E-state index >= 15 is 0 Å². The van der Waals surface area contributed by atoms with E-state index in [1.807, 2.05) is 6.07 Å². The highest BCUT2D eigenvalue weighted by Crippen LogP contribution is 2.16. The normalized spacial score (nSPS) is 10.6. The monoisotopic (exact) mass is 219 g/mol. The molecule has 84 valence electrons. The fourth-order valence-corrected chi connectivity index (χ4v) is 0.911. The van der Waals surface area contributed by atoms with Gasteiger partial charge in [-0.2, -0.15) is 5.26 Å². The smallest absolute Gasteiger partial charge is 0.343 e. The van der Waals surface area contributed by atoms with Gasteiger partial charge in [0, 0.05) is 7.11 Å². The van der Waals surface area contributed by atoms with E-state index in [9.17, 15) is 4.79 Å². The zero-order chi connectivity index (χ0) is 12.2. The van der Waals surface area contributed by atoms with Gasteiger partial charge in [0.25, 0.3) is 0 Å². The molecule has 1 aromatic carbocycles. The first-order valence-electron chi connectivity index (χ1n) is 4.77. The Kier molecular flexibility index (Phi) is 3.64. The lowest BCUT2D eigenvalue weighted by Gasteiger charge is -2.20. The number of carbonyl (C=O) groups excluding carboxylic acids is 1. The van der Waals surface area contributed by atoms with E-state index in [1.54, 1.807) is 38.1 Å². The van der Waals surface area contributed by atoms with E-state index in [0.717, 1.165) is 0 Å². The quantitative estimate of drug-likeness (QED) is 0.575. The molecule has 0 fully saturated rings. The zero-order valence-electron chi connectivity index (χ0n) is 9.48. The maximum absolute atomic E-state index is 11.6. The summed E-state index contributed by atoms with van der Waals surface area (Å²) in [6, 6.07) is 8.30. The van der Waals surface area contributed by atoms with Gasteiger partial charge in [0.2, 0.25) is 0 Å². The van der Waals surface area contributed by atoms with E-state index in [-0.39, 0.29) is 0 Å². The number of methoxy groups -OCH3 is 1. The molecule has 0 aliphatic carbocycles. The molecule has 0 spiro atoms. The van der Waals surface area contributed by atoms with Gasteiger partial charge < -0.3 is 9.47 Å². The summed E-state index contributed by atoms with van der Waals surface area (Å²) in [5, 5.41) is 8.60. The van der Waals surface area contributed by atoms with E-state index in [4.69, 9.17) is 14.7 Å². The number of nitrogens with zero attached hydrogens (tertiary/aromatic N) is 1. The molecule has 0 saturated carbocycles. The van der Waals surface area contributed by atoms with Crippen molar-refractivity contribution in [2.24, 2.45) is 0 Å². The summed E-state index contributed by atoms with van der Waals surface area (Å²) in [5.41, 5.74) is -0.459. The lowest BCUT2D eigenvalue weighted by Crippen LogP contribution is -2.37. The Labute approximate surface area is 94.4 Å². The molecule has 1 rings (SSSR count). The minimum Gasteiger partial charge on any atom is -0.424 e. The van der Waals surface area contributed by atoms with Crippen LogP contribution in [0.2, 0.25) is 0 Å². The van der Waals surface area contributed by atoms with Crippen LogP contribution in [-0.4, -0.2) is 18.7 Å². The summed E-state index contributed by atoms with van der Waals surface area (Å²) in [6.45, 7) is 3.25. The van der Waals surface area contributed by atoms with Crippen LogP contribution in [0.3, 0.4) is 0 Å². The second-order valence-electron chi connectivity index (χ2n) is 3.74. The minimum absolute atomic E-state index is 0.397. The maximum Gasteiger partial charge on any atom is 0.343 e. The molecular formula is C12H13NO3. The summed E-state index contributed by atoms with van der Waals surface area (Å²) in [4.78, 5) is 11.6. The van der Waals surface area contributed by atoms with Gasteiger partial charge in [-0.25, -0.2) is 4.79 Å². The topological polar surface area (TPSA) is 59.3 Å². The molecule has 0 aliphatic heterocycles. The number of nitriles is 1. The highest BCUT2D eigenvalue weighted by atomic mass is 16.6. The van der Waals surface area contributed by atoms with Crippen LogP contribution < -0.4 is 4.74 Å². The Morgan fingerprint density at radius 2 is 1.88 bits per heavy atom. The molecule has 16 heavy (non-hydrogen) atoms. The Hall–Kier alpha value is -1.86. The number of carbonyl (C=O) groups is 1.